The van der Waals surface area contributed by atoms with Gasteiger partial charge in [-0.1, -0.05) is 25.0 Å². The lowest BCUT2D eigenvalue weighted by molar-refractivity contribution is -0.0391. The molecule has 0 radical (unpaired) electrons. The molecule has 0 amide bonds. The summed E-state index contributed by atoms with van der Waals surface area (Å²) >= 11 is 0. The van der Waals surface area contributed by atoms with E-state index in [-0.39, 0.29) is 18.2 Å². The van der Waals surface area contributed by atoms with Crippen molar-refractivity contribution in [2.45, 2.75) is 43.8 Å². The molecule has 28 heavy (non-hydrogen) atoms. The number of rotatable bonds is 4. The van der Waals surface area contributed by atoms with Gasteiger partial charge in [-0.15, -0.1) is 0 Å². The molecule has 2 aromatic carbocycles. The highest BCUT2D eigenvalue weighted by molar-refractivity contribution is 5.89. The Morgan fingerprint density at radius 3 is 2.21 bits per heavy atom. The average molecular weight is 382 g/mol. The molecule has 0 N–H and O–H groups in total. The highest BCUT2D eigenvalue weighted by Gasteiger charge is 2.38. The summed E-state index contributed by atoms with van der Waals surface area (Å²) in [6.07, 6.45) is 4.61. The second kappa shape index (κ2) is 7.84. The number of methoxy groups -OCH3 is 3. The van der Waals surface area contributed by atoms with Crippen molar-refractivity contribution in [1.82, 2.24) is 0 Å². The summed E-state index contributed by atoms with van der Waals surface area (Å²) in [7, 11) is 4.71. The predicted octanol–water partition coefficient (Wildman–Crippen LogP) is 4.64. The second-order valence-corrected chi connectivity index (χ2v) is 7.40. The van der Waals surface area contributed by atoms with Gasteiger partial charge in [-0.2, -0.15) is 0 Å². The van der Waals surface area contributed by atoms with Crippen LogP contribution in [0.1, 0.15) is 64.8 Å². The monoisotopic (exact) mass is 382 g/mol. The molecule has 0 unspecified atom stereocenters. The molecule has 0 saturated heterocycles. The lowest BCUT2D eigenvalue weighted by Crippen LogP contribution is -2.33. The van der Waals surface area contributed by atoms with Gasteiger partial charge in [-0.25, -0.2) is 4.79 Å². The average Bonchev–Trinajstić information content (AvgIpc) is 2.77. The van der Waals surface area contributed by atoms with E-state index in [4.69, 9.17) is 18.9 Å². The highest BCUT2D eigenvalue weighted by Crippen LogP contribution is 2.49. The van der Waals surface area contributed by atoms with Gasteiger partial charge in [0.2, 0.25) is 0 Å². The Kier molecular flexibility index (Phi) is 5.27. The number of benzene rings is 2. The molecule has 1 saturated carbocycles. The molecule has 1 aliphatic carbocycles. The van der Waals surface area contributed by atoms with E-state index in [0.717, 1.165) is 29.7 Å². The summed E-state index contributed by atoms with van der Waals surface area (Å²) in [5, 5.41) is 0. The Bertz CT molecular complexity index is 858. The van der Waals surface area contributed by atoms with Gasteiger partial charge in [0, 0.05) is 5.92 Å². The maximum atomic E-state index is 11.8. The molecular weight excluding hydrogens is 356 g/mol. The van der Waals surface area contributed by atoms with Crippen LogP contribution in [-0.2, 0) is 9.47 Å². The summed E-state index contributed by atoms with van der Waals surface area (Å²) in [5.74, 6) is 1.51. The standard InChI is InChI=1S/C23H26O5/c1-25-20-12-17-16-6-4-5-7-19(16)28-22(18(17)13-21(20)26-2)14-8-10-15(11-9-14)23(24)27-3/h8-13,16,19,22H,4-7H2,1-3H3/t16-,19+,22-/m1/s1. The summed E-state index contributed by atoms with van der Waals surface area (Å²) in [6, 6.07) is 11.6. The Morgan fingerprint density at radius 2 is 1.57 bits per heavy atom. The second-order valence-electron chi connectivity index (χ2n) is 7.40. The molecule has 1 heterocycles. The number of carbonyl (C=O) groups is 1. The maximum Gasteiger partial charge on any atom is 0.337 e. The minimum atomic E-state index is -0.338. The molecule has 0 spiro atoms. The van der Waals surface area contributed by atoms with Crippen LogP contribution >= 0.6 is 0 Å². The van der Waals surface area contributed by atoms with Crippen LogP contribution in [0, 0.1) is 0 Å². The molecule has 5 nitrogen and oxygen atoms in total. The quantitative estimate of drug-likeness (QED) is 0.721. The number of hydrogen-bond acceptors (Lipinski definition) is 5. The van der Waals surface area contributed by atoms with Crippen LogP contribution in [0.15, 0.2) is 36.4 Å². The summed E-state index contributed by atoms with van der Waals surface area (Å²) in [6.45, 7) is 0. The fraction of sp³-hybridized carbons (Fsp3) is 0.435. The number of carbonyl (C=O) groups excluding carboxylic acids is 1. The smallest absolute Gasteiger partial charge is 0.337 e. The number of ether oxygens (including phenoxy) is 4. The first-order valence-corrected chi connectivity index (χ1v) is 9.75. The van der Waals surface area contributed by atoms with Crippen molar-refractivity contribution in [3.8, 4) is 11.5 Å². The Labute approximate surface area is 165 Å². The van der Waals surface area contributed by atoms with E-state index >= 15 is 0 Å². The zero-order chi connectivity index (χ0) is 19.7. The third-order valence-corrected chi connectivity index (χ3v) is 5.92. The van der Waals surface area contributed by atoms with E-state index in [1.807, 2.05) is 18.2 Å². The van der Waals surface area contributed by atoms with Gasteiger partial charge in [0.1, 0.15) is 6.10 Å². The van der Waals surface area contributed by atoms with Gasteiger partial charge >= 0.3 is 5.97 Å². The van der Waals surface area contributed by atoms with Crippen molar-refractivity contribution >= 4 is 5.97 Å². The molecule has 3 atom stereocenters. The largest absolute Gasteiger partial charge is 0.493 e. The van der Waals surface area contributed by atoms with E-state index in [1.165, 1.54) is 25.5 Å². The Balaban J connectivity index is 1.79. The topological polar surface area (TPSA) is 54.0 Å². The molecule has 2 aliphatic rings. The van der Waals surface area contributed by atoms with Crippen molar-refractivity contribution < 1.29 is 23.7 Å². The first kappa shape index (κ1) is 18.8. The summed E-state index contributed by atoms with van der Waals surface area (Å²) in [5.41, 5.74) is 3.96. The summed E-state index contributed by atoms with van der Waals surface area (Å²) < 4.78 is 22.5. The van der Waals surface area contributed by atoms with E-state index in [9.17, 15) is 4.79 Å². The van der Waals surface area contributed by atoms with Crippen LogP contribution in [-0.4, -0.2) is 33.4 Å². The van der Waals surface area contributed by atoms with Gasteiger partial charge in [0.15, 0.2) is 11.5 Å². The van der Waals surface area contributed by atoms with E-state index in [0.29, 0.717) is 17.2 Å². The maximum absolute atomic E-state index is 11.8. The zero-order valence-electron chi connectivity index (χ0n) is 16.6. The highest BCUT2D eigenvalue weighted by atomic mass is 16.5. The van der Waals surface area contributed by atoms with Crippen molar-refractivity contribution in [2.75, 3.05) is 21.3 Å². The van der Waals surface area contributed by atoms with Crippen LogP contribution in [0.5, 0.6) is 11.5 Å². The van der Waals surface area contributed by atoms with Gasteiger partial charge in [0.05, 0.1) is 33.0 Å². The molecular formula is C23H26O5. The number of hydrogen-bond donors (Lipinski definition) is 0. The molecule has 148 valence electrons. The Hall–Kier alpha value is -2.53. The number of fused-ring (bicyclic) bond motifs is 3. The van der Waals surface area contributed by atoms with E-state index in [2.05, 4.69) is 6.07 Å². The normalized spacial score (nSPS) is 23.3. The molecule has 0 bridgehead atoms. The van der Waals surface area contributed by atoms with Gasteiger partial charge in [0.25, 0.3) is 0 Å². The van der Waals surface area contributed by atoms with Crippen LogP contribution < -0.4 is 9.47 Å². The van der Waals surface area contributed by atoms with Crippen molar-refractivity contribution in [3.05, 3.63) is 58.7 Å². The lowest BCUT2D eigenvalue weighted by Gasteiger charge is -2.41. The SMILES string of the molecule is COC(=O)c1ccc([C@H]2O[C@H]3CCCC[C@@H]3c3cc(OC)c(OC)cc32)cc1. The predicted molar refractivity (Wildman–Crippen MR) is 105 cm³/mol. The van der Waals surface area contributed by atoms with E-state index < -0.39 is 0 Å². The molecule has 0 aromatic heterocycles. The Morgan fingerprint density at radius 1 is 0.929 bits per heavy atom. The van der Waals surface area contributed by atoms with Crippen LogP contribution in [0.3, 0.4) is 0 Å². The van der Waals surface area contributed by atoms with Gasteiger partial charge in [-0.3, -0.25) is 0 Å². The van der Waals surface area contributed by atoms with Crippen molar-refractivity contribution in [3.63, 3.8) is 0 Å². The van der Waals surface area contributed by atoms with Crippen LogP contribution in [0.25, 0.3) is 0 Å². The molecule has 2 aromatic rings. The van der Waals surface area contributed by atoms with Gasteiger partial charge in [-0.05, 0) is 53.8 Å². The molecule has 4 rings (SSSR count). The third-order valence-electron chi connectivity index (χ3n) is 5.92. The molecule has 1 aliphatic heterocycles. The first-order valence-electron chi connectivity index (χ1n) is 9.75. The fourth-order valence-corrected chi connectivity index (χ4v) is 4.49. The van der Waals surface area contributed by atoms with Crippen LogP contribution in [0.4, 0.5) is 0 Å². The van der Waals surface area contributed by atoms with E-state index in [1.54, 1.807) is 26.4 Å². The summed E-state index contributed by atoms with van der Waals surface area (Å²) in [4.78, 5) is 11.8. The van der Waals surface area contributed by atoms with Crippen molar-refractivity contribution in [2.24, 2.45) is 0 Å². The lowest BCUT2D eigenvalue weighted by atomic mass is 9.76. The minimum Gasteiger partial charge on any atom is -0.493 e. The fourth-order valence-electron chi connectivity index (χ4n) is 4.49. The minimum absolute atomic E-state index is 0.194. The molecule has 5 heteroatoms. The zero-order valence-corrected chi connectivity index (χ0v) is 16.6. The van der Waals surface area contributed by atoms with Gasteiger partial charge < -0.3 is 18.9 Å². The molecule has 1 fully saturated rings. The third kappa shape index (κ3) is 3.24. The first-order chi connectivity index (χ1) is 13.7. The van der Waals surface area contributed by atoms with Crippen LogP contribution in [0.2, 0.25) is 0 Å². The van der Waals surface area contributed by atoms with Crippen molar-refractivity contribution in [1.29, 1.82) is 0 Å². The number of esters is 1.